The fourth-order valence-corrected chi connectivity index (χ4v) is 3.84. The number of methoxy groups -OCH3 is 1. The summed E-state index contributed by atoms with van der Waals surface area (Å²) in [5.74, 6) is 1.81. The van der Waals surface area contributed by atoms with Crippen molar-refractivity contribution in [3.63, 3.8) is 0 Å². The first kappa shape index (κ1) is 30.8. The number of allylic oxidation sites excluding steroid dienone is 2. The smallest absolute Gasteiger partial charge is 0.222 e. The van der Waals surface area contributed by atoms with Gasteiger partial charge in [-0.05, 0) is 76.7 Å². The van der Waals surface area contributed by atoms with Gasteiger partial charge in [0.2, 0.25) is 5.88 Å². The Balaban J connectivity index is 0.000000434. The van der Waals surface area contributed by atoms with Crippen LogP contribution in [0.5, 0.6) is 5.88 Å². The third kappa shape index (κ3) is 9.36. The van der Waals surface area contributed by atoms with Gasteiger partial charge in [-0.1, -0.05) is 60.5 Å². The molecule has 196 valence electrons. The molecule has 0 bridgehead atoms. The summed E-state index contributed by atoms with van der Waals surface area (Å²) in [5, 5.41) is 0. The molecule has 0 amide bonds. The number of rotatable bonds is 11. The number of unbranched alkanes of at least 4 members (excludes halogenated alkanes) is 1. The summed E-state index contributed by atoms with van der Waals surface area (Å²) in [4.78, 5) is 16.7. The molecular formula is C30H50N4O. The Hall–Kier alpha value is -2.27. The predicted octanol–water partition coefficient (Wildman–Crippen LogP) is 7.87. The second kappa shape index (κ2) is 15.7. The van der Waals surface area contributed by atoms with Crippen molar-refractivity contribution < 1.29 is 4.74 Å². The van der Waals surface area contributed by atoms with E-state index in [-0.39, 0.29) is 0 Å². The molecule has 2 heterocycles. The maximum atomic E-state index is 5.51. The average Bonchev–Trinajstić information content (AvgIpc) is 2.85. The molecule has 2 rings (SSSR count). The SMILES string of the molecule is C/C=C(/C)c1nc(-c2ccc(C(C)C)nc2OC)c(C)nc1C.CCCCN(CC)CC(C)CC. The maximum Gasteiger partial charge on any atom is 0.222 e. The highest BCUT2D eigenvalue weighted by atomic mass is 16.5. The van der Waals surface area contributed by atoms with E-state index in [0.717, 1.165) is 45.5 Å². The van der Waals surface area contributed by atoms with E-state index >= 15 is 0 Å². The van der Waals surface area contributed by atoms with Gasteiger partial charge in [0.05, 0.1) is 35.4 Å². The Morgan fingerprint density at radius 2 is 1.71 bits per heavy atom. The zero-order valence-corrected chi connectivity index (χ0v) is 24.3. The fourth-order valence-electron chi connectivity index (χ4n) is 3.84. The van der Waals surface area contributed by atoms with E-state index in [0.29, 0.717) is 11.8 Å². The van der Waals surface area contributed by atoms with Crippen molar-refractivity contribution in [2.75, 3.05) is 26.7 Å². The van der Waals surface area contributed by atoms with Crippen LogP contribution in [0.15, 0.2) is 18.2 Å². The van der Waals surface area contributed by atoms with Gasteiger partial charge in [-0.15, -0.1) is 0 Å². The lowest BCUT2D eigenvalue weighted by Crippen LogP contribution is -2.29. The summed E-state index contributed by atoms with van der Waals surface area (Å²) in [6, 6.07) is 4.06. The van der Waals surface area contributed by atoms with Gasteiger partial charge in [-0.2, -0.15) is 0 Å². The van der Waals surface area contributed by atoms with Crippen LogP contribution >= 0.6 is 0 Å². The highest BCUT2D eigenvalue weighted by molar-refractivity contribution is 5.71. The fraction of sp³-hybridized carbons (Fsp3) is 0.633. The average molecular weight is 483 g/mol. The van der Waals surface area contributed by atoms with E-state index in [4.69, 9.17) is 9.72 Å². The summed E-state index contributed by atoms with van der Waals surface area (Å²) < 4.78 is 5.51. The molecule has 0 aliphatic heterocycles. The lowest BCUT2D eigenvalue weighted by molar-refractivity contribution is 0.242. The number of pyridine rings is 1. The molecule has 0 fully saturated rings. The normalized spacial score (nSPS) is 12.5. The number of aromatic nitrogens is 3. The topological polar surface area (TPSA) is 51.1 Å². The third-order valence-corrected chi connectivity index (χ3v) is 6.51. The standard InChI is InChI=1S/C19H25N3O.C11H25N/c1-8-12(4)17-13(5)20-14(6)18(22-17)15-9-10-16(11(2)3)21-19(15)23-7;1-5-8-9-12(7-3)10-11(4)6-2/h8-11H,1-7H3;11H,5-10H2,1-4H3/b12-8-;. The number of hydrogen-bond donors (Lipinski definition) is 0. The lowest BCUT2D eigenvalue weighted by Gasteiger charge is -2.23. The molecule has 0 N–H and O–H groups in total. The molecule has 5 nitrogen and oxygen atoms in total. The molecule has 1 atom stereocenters. The third-order valence-electron chi connectivity index (χ3n) is 6.51. The molecule has 35 heavy (non-hydrogen) atoms. The van der Waals surface area contributed by atoms with E-state index in [1.807, 2.05) is 45.9 Å². The number of hydrogen-bond acceptors (Lipinski definition) is 5. The van der Waals surface area contributed by atoms with E-state index in [1.165, 1.54) is 38.9 Å². The van der Waals surface area contributed by atoms with Gasteiger partial charge in [-0.25, -0.2) is 9.97 Å². The van der Waals surface area contributed by atoms with Crippen LogP contribution in [-0.4, -0.2) is 46.6 Å². The molecule has 1 unspecified atom stereocenters. The summed E-state index contributed by atoms with van der Waals surface area (Å²) in [5.41, 5.74) is 6.57. The molecule has 0 saturated heterocycles. The summed E-state index contributed by atoms with van der Waals surface area (Å²) >= 11 is 0. The second-order valence-corrected chi connectivity index (χ2v) is 9.77. The van der Waals surface area contributed by atoms with Crippen molar-refractivity contribution in [2.45, 2.75) is 94.4 Å². The van der Waals surface area contributed by atoms with Crippen LogP contribution in [0.1, 0.15) is 103 Å². The van der Waals surface area contributed by atoms with Gasteiger partial charge >= 0.3 is 0 Å². The highest BCUT2D eigenvalue weighted by Crippen LogP contribution is 2.31. The molecular weight excluding hydrogens is 432 g/mol. The first-order valence-electron chi connectivity index (χ1n) is 13.4. The predicted molar refractivity (Wildman–Crippen MR) is 151 cm³/mol. The summed E-state index contributed by atoms with van der Waals surface area (Å²) in [7, 11) is 1.64. The minimum Gasteiger partial charge on any atom is -0.480 e. The van der Waals surface area contributed by atoms with Crippen molar-refractivity contribution in [3.05, 3.63) is 41.0 Å². The number of ether oxygens (including phenoxy) is 1. The van der Waals surface area contributed by atoms with Crippen LogP contribution in [0.4, 0.5) is 0 Å². The van der Waals surface area contributed by atoms with Crippen molar-refractivity contribution in [3.8, 4) is 17.1 Å². The Morgan fingerprint density at radius 1 is 1.03 bits per heavy atom. The van der Waals surface area contributed by atoms with Gasteiger partial charge in [0.1, 0.15) is 0 Å². The second-order valence-electron chi connectivity index (χ2n) is 9.77. The van der Waals surface area contributed by atoms with Gasteiger partial charge in [-0.3, -0.25) is 4.98 Å². The molecule has 0 spiro atoms. The first-order chi connectivity index (χ1) is 16.6. The van der Waals surface area contributed by atoms with E-state index < -0.39 is 0 Å². The quantitative estimate of drug-likeness (QED) is 0.326. The molecule has 0 aliphatic carbocycles. The first-order valence-corrected chi connectivity index (χ1v) is 13.4. The molecule has 2 aromatic rings. The van der Waals surface area contributed by atoms with Crippen molar-refractivity contribution >= 4 is 5.57 Å². The summed E-state index contributed by atoms with van der Waals surface area (Å²) in [6.07, 6.45) is 6.03. The lowest BCUT2D eigenvalue weighted by atomic mass is 10.1. The Kier molecular flexibility index (Phi) is 13.8. The van der Waals surface area contributed by atoms with Crippen molar-refractivity contribution in [1.29, 1.82) is 0 Å². The van der Waals surface area contributed by atoms with Crippen LogP contribution in [0, 0.1) is 19.8 Å². The Labute approximate surface area is 215 Å². The largest absolute Gasteiger partial charge is 0.480 e. The van der Waals surface area contributed by atoms with Crippen LogP contribution < -0.4 is 4.74 Å². The van der Waals surface area contributed by atoms with E-state index in [2.05, 4.69) is 56.4 Å². The zero-order chi connectivity index (χ0) is 26.5. The molecule has 0 saturated carbocycles. The monoisotopic (exact) mass is 482 g/mol. The molecule has 5 heteroatoms. The molecule has 0 radical (unpaired) electrons. The van der Waals surface area contributed by atoms with Crippen LogP contribution in [0.3, 0.4) is 0 Å². The van der Waals surface area contributed by atoms with Gasteiger partial charge in [0.25, 0.3) is 0 Å². The number of aryl methyl sites for hydroxylation is 2. The minimum atomic E-state index is 0.351. The molecule has 0 aromatic carbocycles. The summed E-state index contributed by atoms with van der Waals surface area (Å²) in [6.45, 7) is 25.2. The van der Waals surface area contributed by atoms with Crippen LogP contribution in [0.25, 0.3) is 16.8 Å². The maximum absolute atomic E-state index is 5.51. The van der Waals surface area contributed by atoms with E-state index in [1.54, 1.807) is 7.11 Å². The van der Waals surface area contributed by atoms with Gasteiger partial charge in [0.15, 0.2) is 0 Å². The zero-order valence-electron chi connectivity index (χ0n) is 24.3. The van der Waals surface area contributed by atoms with Crippen molar-refractivity contribution in [1.82, 2.24) is 19.9 Å². The molecule has 0 aliphatic rings. The Bertz CT molecular complexity index is 936. The highest BCUT2D eigenvalue weighted by Gasteiger charge is 2.17. The molecule has 2 aromatic heterocycles. The minimum absolute atomic E-state index is 0.351. The van der Waals surface area contributed by atoms with Gasteiger partial charge in [0, 0.05) is 12.2 Å². The van der Waals surface area contributed by atoms with E-state index in [9.17, 15) is 0 Å². The Morgan fingerprint density at radius 3 is 2.23 bits per heavy atom. The van der Waals surface area contributed by atoms with Crippen molar-refractivity contribution in [2.24, 2.45) is 5.92 Å². The van der Waals surface area contributed by atoms with Crippen LogP contribution in [0.2, 0.25) is 0 Å². The number of nitrogens with zero attached hydrogens (tertiary/aromatic N) is 4. The van der Waals surface area contributed by atoms with Crippen LogP contribution in [-0.2, 0) is 0 Å². The van der Waals surface area contributed by atoms with Gasteiger partial charge < -0.3 is 9.64 Å².